The monoisotopic (exact) mass is 317 g/mol. The van der Waals surface area contributed by atoms with E-state index in [1.807, 2.05) is 0 Å². The Kier molecular flexibility index (Phi) is 6.66. The highest BCUT2D eigenvalue weighted by molar-refractivity contribution is 4.97. The van der Waals surface area contributed by atoms with Gasteiger partial charge in [-0.3, -0.25) is 0 Å². The van der Waals surface area contributed by atoms with Crippen LogP contribution in [0, 0.1) is 0 Å². The van der Waals surface area contributed by atoms with E-state index in [2.05, 4.69) is 4.74 Å². The van der Waals surface area contributed by atoms with Gasteiger partial charge in [0.1, 0.15) is 6.61 Å². The van der Waals surface area contributed by atoms with Crippen LogP contribution in [0.25, 0.3) is 0 Å². The predicted octanol–water partition coefficient (Wildman–Crippen LogP) is 3.13. The van der Waals surface area contributed by atoms with E-state index in [-0.39, 0.29) is 6.54 Å². The molecule has 0 radical (unpaired) electrons. The molecule has 0 atom stereocenters. The van der Waals surface area contributed by atoms with E-state index >= 15 is 0 Å². The van der Waals surface area contributed by atoms with Gasteiger partial charge >= 0.3 is 24.2 Å². The Morgan fingerprint density at radius 1 is 1.05 bits per heavy atom. The van der Waals surface area contributed by atoms with Gasteiger partial charge in [0.15, 0.2) is 0 Å². The summed E-state index contributed by atoms with van der Waals surface area (Å²) in [6.07, 6.45) is -4.91. The van der Waals surface area contributed by atoms with Crippen LogP contribution < -0.4 is 0 Å². The number of ether oxygens (including phenoxy) is 1. The molecule has 0 spiro atoms. The summed E-state index contributed by atoms with van der Waals surface area (Å²) in [4.78, 5) is 1.59. The second-order valence-electron chi connectivity index (χ2n) is 4.15. The standard InChI is InChI=1S/C10H15F8NO/c1-3-19(2)4-5-20-6-8(13,14)10(17,18)9(15,16)7(11)12/h7H,3-6H2,1-2H3. The van der Waals surface area contributed by atoms with Crippen LogP contribution in [0.2, 0.25) is 0 Å². The number of hydrogen-bond acceptors (Lipinski definition) is 2. The van der Waals surface area contributed by atoms with Gasteiger partial charge < -0.3 is 9.64 Å². The van der Waals surface area contributed by atoms with Gasteiger partial charge in [0.2, 0.25) is 0 Å². The molecular formula is C10H15F8NO. The molecule has 2 nitrogen and oxygen atoms in total. The van der Waals surface area contributed by atoms with Gasteiger partial charge in [0.05, 0.1) is 6.61 Å². The van der Waals surface area contributed by atoms with Crippen molar-refractivity contribution in [1.29, 1.82) is 0 Å². The predicted molar refractivity (Wildman–Crippen MR) is 54.8 cm³/mol. The molecule has 0 unspecified atom stereocenters. The average Bonchev–Trinajstić information content (AvgIpc) is 2.33. The molecule has 10 heteroatoms. The SMILES string of the molecule is CCN(C)CCOCC(F)(F)C(F)(F)C(F)(F)C(F)F. The van der Waals surface area contributed by atoms with E-state index in [0.29, 0.717) is 6.54 Å². The van der Waals surface area contributed by atoms with Crippen molar-refractivity contribution in [3.63, 3.8) is 0 Å². The summed E-state index contributed by atoms with van der Waals surface area (Å²) in [5, 5.41) is 0. The molecule has 20 heavy (non-hydrogen) atoms. The molecule has 0 saturated heterocycles. The average molecular weight is 317 g/mol. The molecule has 0 heterocycles. The molecule has 0 amide bonds. The summed E-state index contributed by atoms with van der Waals surface area (Å²) in [6.45, 7) is -0.134. The second kappa shape index (κ2) is 6.88. The summed E-state index contributed by atoms with van der Waals surface area (Å²) in [6, 6.07) is 0. The van der Waals surface area contributed by atoms with Crippen molar-refractivity contribution in [3.05, 3.63) is 0 Å². The van der Waals surface area contributed by atoms with Gasteiger partial charge in [0, 0.05) is 6.54 Å². The van der Waals surface area contributed by atoms with Crippen LogP contribution in [0.5, 0.6) is 0 Å². The molecule has 0 aliphatic heterocycles. The first-order chi connectivity index (χ1) is 8.90. The Hall–Kier alpha value is -0.640. The van der Waals surface area contributed by atoms with Crippen LogP contribution in [0.15, 0.2) is 0 Å². The number of rotatable bonds is 9. The lowest BCUT2D eigenvalue weighted by molar-refractivity contribution is -0.346. The van der Waals surface area contributed by atoms with Gasteiger partial charge in [0.25, 0.3) is 0 Å². The Morgan fingerprint density at radius 2 is 1.55 bits per heavy atom. The van der Waals surface area contributed by atoms with Crippen LogP contribution in [0.3, 0.4) is 0 Å². The van der Waals surface area contributed by atoms with Gasteiger partial charge in [-0.25, -0.2) is 8.78 Å². The maximum atomic E-state index is 13.0. The second-order valence-corrected chi connectivity index (χ2v) is 4.15. The highest BCUT2D eigenvalue weighted by atomic mass is 19.4. The van der Waals surface area contributed by atoms with Crippen molar-refractivity contribution in [1.82, 2.24) is 4.90 Å². The largest absolute Gasteiger partial charge is 0.380 e. The fraction of sp³-hybridized carbons (Fsp3) is 1.00. The topological polar surface area (TPSA) is 12.5 Å². The summed E-state index contributed by atoms with van der Waals surface area (Å²) >= 11 is 0. The minimum Gasteiger partial charge on any atom is -0.374 e. The van der Waals surface area contributed by atoms with Crippen LogP contribution in [-0.4, -0.2) is 62.4 Å². The zero-order chi connectivity index (χ0) is 16.2. The van der Waals surface area contributed by atoms with Crippen LogP contribution >= 0.6 is 0 Å². The molecule has 0 bridgehead atoms. The van der Waals surface area contributed by atoms with Crippen LogP contribution in [0.4, 0.5) is 35.1 Å². The van der Waals surface area contributed by atoms with Crippen molar-refractivity contribution >= 4 is 0 Å². The Bertz CT molecular complexity index is 297. The van der Waals surface area contributed by atoms with E-state index in [9.17, 15) is 35.1 Å². The molecule has 0 aliphatic rings. The van der Waals surface area contributed by atoms with Gasteiger partial charge in [-0.15, -0.1) is 0 Å². The van der Waals surface area contributed by atoms with E-state index in [1.165, 1.54) is 0 Å². The Morgan fingerprint density at radius 3 is 1.95 bits per heavy atom. The molecular weight excluding hydrogens is 302 g/mol. The van der Waals surface area contributed by atoms with Gasteiger partial charge in [-0.2, -0.15) is 26.3 Å². The number of halogens is 8. The van der Waals surface area contributed by atoms with Gasteiger partial charge in [-0.05, 0) is 13.6 Å². The van der Waals surface area contributed by atoms with Crippen LogP contribution in [0.1, 0.15) is 6.92 Å². The van der Waals surface area contributed by atoms with Crippen molar-refractivity contribution in [2.45, 2.75) is 31.1 Å². The molecule has 0 aromatic heterocycles. The summed E-state index contributed by atoms with van der Waals surface area (Å²) in [7, 11) is 1.58. The number of alkyl halides is 8. The van der Waals surface area contributed by atoms with Crippen molar-refractivity contribution in [3.8, 4) is 0 Å². The summed E-state index contributed by atoms with van der Waals surface area (Å²) in [5.41, 5.74) is 0. The molecule has 0 aromatic carbocycles. The van der Waals surface area contributed by atoms with E-state index in [4.69, 9.17) is 0 Å². The number of likely N-dealkylation sites (N-methyl/N-ethyl adjacent to an activating group) is 1. The van der Waals surface area contributed by atoms with Crippen molar-refractivity contribution < 1.29 is 39.9 Å². The molecule has 0 rings (SSSR count). The zero-order valence-corrected chi connectivity index (χ0v) is 10.8. The highest BCUT2D eigenvalue weighted by Gasteiger charge is 2.75. The Labute approximate surface area is 110 Å². The zero-order valence-electron chi connectivity index (χ0n) is 10.8. The molecule has 0 N–H and O–H groups in total. The van der Waals surface area contributed by atoms with E-state index < -0.39 is 37.4 Å². The molecule has 0 aromatic rings. The fourth-order valence-corrected chi connectivity index (χ4v) is 1.05. The molecule has 0 saturated carbocycles. The minimum atomic E-state index is -6.20. The maximum absolute atomic E-state index is 13.0. The summed E-state index contributed by atoms with van der Waals surface area (Å²) in [5.74, 6) is -17.7. The molecule has 0 aliphatic carbocycles. The first-order valence-electron chi connectivity index (χ1n) is 5.58. The third-order valence-electron chi connectivity index (χ3n) is 2.59. The highest BCUT2D eigenvalue weighted by Crippen LogP contribution is 2.48. The normalized spacial score (nSPS) is 14.4. The number of hydrogen-bond donors (Lipinski definition) is 0. The minimum absolute atomic E-state index is 0.101. The lowest BCUT2D eigenvalue weighted by atomic mass is 10.1. The first-order valence-corrected chi connectivity index (χ1v) is 5.58. The smallest absolute Gasteiger partial charge is 0.374 e. The van der Waals surface area contributed by atoms with E-state index in [0.717, 1.165) is 0 Å². The molecule has 0 fully saturated rings. The molecule has 122 valence electrons. The van der Waals surface area contributed by atoms with E-state index in [1.54, 1.807) is 18.9 Å². The van der Waals surface area contributed by atoms with Crippen molar-refractivity contribution in [2.75, 3.05) is 33.4 Å². The first kappa shape index (κ1) is 19.4. The third kappa shape index (κ3) is 4.18. The number of nitrogens with zero attached hydrogens (tertiary/aromatic N) is 1. The lowest BCUT2D eigenvalue weighted by Crippen LogP contribution is -2.59. The summed E-state index contributed by atoms with van der Waals surface area (Å²) < 4.78 is 104. The quantitative estimate of drug-likeness (QED) is 0.478. The van der Waals surface area contributed by atoms with Gasteiger partial charge in [-0.1, -0.05) is 6.92 Å². The fourth-order valence-electron chi connectivity index (χ4n) is 1.05. The third-order valence-corrected chi connectivity index (χ3v) is 2.59. The Balaban J connectivity index is 4.62. The van der Waals surface area contributed by atoms with Crippen molar-refractivity contribution in [2.24, 2.45) is 0 Å². The van der Waals surface area contributed by atoms with Crippen LogP contribution in [-0.2, 0) is 4.74 Å². The lowest BCUT2D eigenvalue weighted by Gasteiger charge is -2.32. The maximum Gasteiger partial charge on any atom is 0.380 e.